The van der Waals surface area contributed by atoms with Crippen molar-refractivity contribution >= 4 is 22.6 Å². The van der Waals surface area contributed by atoms with Crippen LogP contribution in [-0.2, 0) is 30.7 Å². The molecule has 0 aliphatic carbocycles. The number of aliphatic hydroxyl groups excluding tert-OH is 1. The van der Waals surface area contributed by atoms with Gasteiger partial charge in [-0.1, -0.05) is 44.7 Å². The summed E-state index contributed by atoms with van der Waals surface area (Å²) in [6, 6.07) is 8.33. The van der Waals surface area contributed by atoms with E-state index in [0.717, 1.165) is 92.7 Å². The molecule has 1 amide bonds. The number of hydrogen-bond donors (Lipinski definition) is 3. The Kier molecular flexibility index (Phi) is 11.2. The third-order valence-electron chi connectivity index (χ3n) is 7.69. The number of aryl methyl sites for hydroxylation is 3. The van der Waals surface area contributed by atoms with Gasteiger partial charge in [0.25, 0.3) is 5.91 Å². The summed E-state index contributed by atoms with van der Waals surface area (Å²) >= 11 is 0. The number of pyridine rings is 1. The van der Waals surface area contributed by atoms with Gasteiger partial charge in [0.1, 0.15) is 0 Å². The second-order valence-corrected chi connectivity index (χ2v) is 10.5. The highest BCUT2D eigenvalue weighted by Crippen LogP contribution is 2.31. The number of amides is 1. The van der Waals surface area contributed by atoms with Crippen molar-refractivity contribution in [2.75, 3.05) is 25.1 Å². The largest absolute Gasteiger partial charge is 0.396 e. The first kappa shape index (κ1) is 29.0. The molecule has 0 atom stereocenters. The molecule has 4 rings (SSSR count). The molecule has 8 nitrogen and oxygen atoms in total. The van der Waals surface area contributed by atoms with Crippen LogP contribution in [0, 0.1) is 0 Å². The van der Waals surface area contributed by atoms with E-state index >= 15 is 0 Å². The Morgan fingerprint density at radius 2 is 1.77 bits per heavy atom. The topological polar surface area (TPSA) is 101 Å². The molecule has 0 bridgehead atoms. The molecule has 212 valence electrons. The van der Waals surface area contributed by atoms with E-state index in [9.17, 15) is 4.79 Å². The van der Waals surface area contributed by atoms with Crippen molar-refractivity contribution in [3.63, 3.8) is 0 Å². The number of aromatic nitrogens is 3. The molecule has 8 heteroatoms. The van der Waals surface area contributed by atoms with Gasteiger partial charge in [-0.15, -0.1) is 0 Å². The van der Waals surface area contributed by atoms with Gasteiger partial charge in [-0.05, 0) is 63.1 Å². The third-order valence-corrected chi connectivity index (χ3v) is 7.69. The van der Waals surface area contributed by atoms with Gasteiger partial charge >= 0.3 is 0 Å². The second kappa shape index (κ2) is 15.0. The summed E-state index contributed by atoms with van der Waals surface area (Å²) in [6.07, 6.45) is 12.4. The van der Waals surface area contributed by atoms with Gasteiger partial charge in [0.05, 0.1) is 17.3 Å². The predicted molar refractivity (Wildman–Crippen MR) is 156 cm³/mol. The molecule has 0 unspecified atom stereocenters. The fourth-order valence-corrected chi connectivity index (χ4v) is 5.34. The summed E-state index contributed by atoms with van der Waals surface area (Å²) in [5, 5.41) is 21.4. The van der Waals surface area contributed by atoms with E-state index < -0.39 is 0 Å². The number of ether oxygens (including phenoxy) is 1. The average Bonchev–Trinajstić information content (AvgIpc) is 3.39. The number of unbranched alkanes of at least 4 members (excludes halogenated alkanes) is 5. The number of hydrogen-bond acceptors (Lipinski definition) is 6. The summed E-state index contributed by atoms with van der Waals surface area (Å²) in [6.45, 7) is 7.16. The maximum atomic E-state index is 13.1. The zero-order valence-electron chi connectivity index (χ0n) is 23.7. The minimum Gasteiger partial charge on any atom is -0.396 e. The quantitative estimate of drug-likeness (QED) is 0.225. The van der Waals surface area contributed by atoms with Crippen molar-refractivity contribution < 1.29 is 14.6 Å². The number of fused-ring (bicyclic) bond motifs is 1. The Morgan fingerprint density at radius 3 is 2.46 bits per heavy atom. The number of nitrogens with zero attached hydrogens (tertiary/aromatic N) is 3. The molecule has 1 aliphatic rings. The maximum Gasteiger partial charge on any atom is 0.251 e. The maximum absolute atomic E-state index is 13.1. The van der Waals surface area contributed by atoms with Gasteiger partial charge in [0.2, 0.25) is 0 Å². The molecular weight excluding hydrogens is 490 g/mol. The Bertz CT molecular complexity index is 1190. The lowest BCUT2D eigenvalue weighted by Crippen LogP contribution is -2.30. The molecule has 0 radical (unpaired) electrons. The minimum absolute atomic E-state index is 0.0751. The van der Waals surface area contributed by atoms with Crippen LogP contribution in [0.25, 0.3) is 11.0 Å². The Morgan fingerprint density at radius 1 is 1.05 bits per heavy atom. The van der Waals surface area contributed by atoms with Crippen LogP contribution in [0.4, 0.5) is 5.69 Å². The van der Waals surface area contributed by atoms with Crippen molar-refractivity contribution in [1.29, 1.82) is 0 Å². The van der Waals surface area contributed by atoms with Gasteiger partial charge in [0.15, 0.2) is 5.65 Å². The van der Waals surface area contributed by atoms with Crippen molar-refractivity contribution in [2.45, 2.75) is 97.2 Å². The highest BCUT2D eigenvalue weighted by Gasteiger charge is 2.22. The molecule has 0 saturated carbocycles. The first-order chi connectivity index (χ1) is 19.1. The van der Waals surface area contributed by atoms with Crippen LogP contribution in [0.2, 0.25) is 0 Å². The fraction of sp³-hybridized carbons (Fsp3) is 0.581. The van der Waals surface area contributed by atoms with E-state index in [0.29, 0.717) is 24.8 Å². The van der Waals surface area contributed by atoms with Crippen LogP contribution in [-0.4, -0.2) is 51.6 Å². The molecule has 1 aliphatic heterocycles. The van der Waals surface area contributed by atoms with E-state index in [1.54, 1.807) is 0 Å². The van der Waals surface area contributed by atoms with Crippen LogP contribution in [0.1, 0.15) is 92.4 Å². The van der Waals surface area contributed by atoms with Crippen molar-refractivity contribution in [2.24, 2.45) is 0 Å². The van der Waals surface area contributed by atoms with E-state index in [1.807, 2.05) is 23.0 Å². The number of benzene rings is 1. The molecule has 3 aromatic rings. The number of aliphatic hydroxyl groups is 1. The lowest BCUT2D eigenvalue weighted by atomic mass is 10.0. The predicted octanol–water partition coefficient (Wildman–Crippen LogP) is 5.41. The van der Waals surface area contributed by atoms with E-state index in [1.165, 1.54) is 24.8 Å². The first-order valence-corrected chi connectivity index (χ1v) is 14.8. The number of anilines is 1. The molecule has 1 aromatic carbocycles. The van der Waals surface area contributed by atoms with Gasteiger partial charge < -0.3 is 20.5 Å². The van der Waals surface area contributed by atoms with Crippen molar-refractivity contribution in [1.82, 2.24) is 20.1 Å². The minimum atomic E-state index is -0.0751. The summed E-state index contributed by atoms with van der Waals surface area (Å²) in [5.41, 5.74) is 5.89. The van der Waals surface area contributed by atoms with Crippen LogP contribution >= 0.6 is 0 Å². The highest BCUT2D eigenvalue weighted by molar-refractivity contribution is 5.95. The van der Waals surface area contributed by atoms with Crippen LogP contribution in [0.15, 0.2) is 30.5 Å². The summed E-state index contributed by atoms with van der Waals surface area (Å²) < 4.78 is 7.51. The second-order valence-electron chi connectivity index (χ2n) is 10.5. The first-order valence-electron chi connectivity index (χ1n) is 14.8. The Hall–Kier alpha value is -2.97. The zero-order chi connectivity index (χ0) is 27.5. The molecular formula is C31H45N5O3. The normalized spacial score (nSPS) is 14.1. The van der Waals surface area contributed by atoms with E-state index in [-0.39, 0.29) is 5.91 Å². The lowest BCUT2D eigenvalue weighted by molar-refractivity contribution is 0.0904. The van der Waals surface area contributed by atoms with Gasteiger partial charge in [-0.2, -0.15) is 5.10 Å². The Labute approximate surface area is 232 Å². The number of carbonyl (C=O) groups excluding carboxylic acids is 1. The standard InChI is InChI=1S/C31H45N5O3/c1-3-28-26(29(34-25-16-19-39-20-17-25)27-22-33-36(4-2)30(27)35-28)21-32-31(38)24-14-12-23(13-15-24)11-9-7-5-6-8-10-18-37/h12-15,22,25,37H,3-11,16-21H2,1-2H3,(H,32,38)(H,34,35). The molecule has 1 saturated heterocycles. The van der Waals surface area contributed by atoms with E-state index in [4.69, 9.17) is 14.8 Å². The Balaban J connectivity index is 1.42. The summed E-state index contributed by atoms with van der Waals surface area (Å²) in [4.78, 5) is 18.1. The molecule has 3 N–H and O–H groups in total. The molecule has 3 heterocycles. The average molecular weight is 536 g/mol. The summed E-state index contributed by atoms with van der Waals surface area (Å²) in [7, 11) is 0. The SMILES string of the molecule is CCc1nc2c(cnn2CC)c(NC2CCOCC2)c1CNC(=O)c1ccc(CCCCCCCCO)cc1. The number of nitrogens with one attached hydrogen (secondary N) is 2. The third kappa shape index (κ3) is 7.79. The van der Waals surface area contributed by atoms with Crippen LogP contribution in [0.5, 0.6) is 0 Å². The van der Waals surface area contributed by atoms with Gasteiger partial charge in [0, 0.05) is 55.8 Å². The molecule has 2 aromatic heterocycles. The fourth-order valence-electron chi connectivity index (χ4n) is 5.34. The van der Waals surface area contributed by atoms with E-state index in [2.05, 4.69) is 41.7 Å². The lowest BCUT2D eigenvalue weighted by Gasteiger charge is -2.26. The number of rotatable bonds is 15. The van der Waals surface area contributed by atoms with Gasteiger partial charge in [-0.3, -0.25) is 4.79 Å². The smallest absolute Gasteiger partial charge is 0.251 e. The molecule has 1 fully saturated rings. The van der Waals surface area contributed by atoms with Crippen LogP contribution in [0.3, 0.4) is 0 Å². The van der Waals surface area contributed by atoms with Crippen LogP contribution < -0.4 is 10.6 Å². The van der Waals surface area contributed by atoms with Crippen molar-refractivity contribution in [3.05, 3.63) is 52.8 Å². The number of carbonyl (C=O) groups is 1. The van der Waals surface area contributed by atoms with Crippen molar-refractivity contribution in [3.8, 4) is 0 Å². The monoisotopic (exact) mass is 535 g/mol. The zero-order valence-corrected chi connectivity index (χ0v) is 23.7. The molecule has 0 spiro atoms. The summed E-state index contributed by atoms with van der Waals surface area (Å²) in [5.74, 6) is -0.0751. The molecule has 39 heavy (non-hydrogen) atoms. The van der Waals surface area contributed by atoms with Gasteiger partial charge in [-0.25, -0.2) is 9.67 Å². The highest BCUT2D eigenvalue weighted by atomic mass is 16.5.